The van der Waals surface area contributed by atoms with Gasteiger partial charge in [-0.2, -0.15) is 0 Å². The number of ether oxygens (including phenoxy) is 1. The summed E-state index contributed by atoms with van der Waals surface area (Å²) < 4.78 is 20.7. The lowest BCUT2D eigenvalue weighted by Crippen LogP contribution is -2.52. The number of likely N-dealkylation sites (tertiary alicyclic amines) is 1. The second-order valence-corrected chi connectivity index (χ2v) is 8.87. The third-order valence-electron chi connectivity index (χ3n) is 7.05. The average molecular weight is 439 g/mol. The molecule has 1 saturated heterocycles. The quantitative estimate of drug-likeness (QED) is 0.737. The lowest BCUT2D eigenvalue weighted by molar-refractivity contribution is -0.133. The van der Waals surface area contributed by atoms with E-state index in [1.54, 1.807) is 35.5 Å². The standard InChI is InChI=1S/C24H26FN3O4/c1-15-17(2-3-18-19(15)14-32-22(18)30)21(29)13-27-10-6-24(25,7-11-27)23(31)28-9-5-16-12-26-8-4-20(16)28/h2-4,8,12,21,29H,5-7,9-11,13-14H2,1H3. The van der Waals surface area contributed by atoms with Gasteiger partial charge in [-0.3, -0.25) is 9.78 Å². The van der Waals surface area contributed by atoms with Crippen LogP contribution in [0, 0.1) is 6.92 Å². The average Bonchev–Trinajstić information content (AvgIpc) is 3.39. The van der Waals surface area contributed by atoms with Gasteiger partial charge in [-0.25, -0.2) is 9.18 Å². The molecule has 1 aromatic carbocycles. The van der Waals surface area contributed by atoms with Crippen molar-refractivity contribution < 1.29 is 23.8 Å². The molecule has 0 spiro atoms. The molecule has 1 fully saturated rings. The summed E-state index contributed by atoms with van der Waals surface area (Å²) in [5.41, 5.74) is 2.81. The van der Waals surface area contributed by atoms with Crippen LogP contribution in [0.1, 0.15) is 51.6 Å². The van der Waals surface area contributed by atoms with Crippen LogP contribution < -0.4 is 4.90 Å². The molecular weight excluding hydrogens is 413 g/mol. The van der Waals surface area contributed by atoms with Crippen molar-refractivity contribution in [3.8, 4) is 0 Å². The second-order valence-electron chi connectivity index (χ2n) is 8.87. The van der Waals surface area contributed by atoms with Crippen LogP contribution in [-0.4, -0.2) is 58.7 Å². The van der Waals surface area contributed by atoms with E-state index < -0.39 is 17.7 Å². The van der Waals surface area contributed by atoms with Crippen molar-refractivity contribution in [1.29, 1.82) is 0 Å². The van der Waals surface area contributed by atoms with Crippen LogP contribution in [-0.2, 0) is 22.6 Å². The van der Waals surface area contributed by atoms with Gasteiger partial charge >= 0.3 is 5.97 Å². The molecule has 8 heteroatoms. The highest BCUT2D eigenvalue weighted by atomic mass is 19.1. The number of benzene rings is 1. The smallest absolute Gasteiger partial charge is 0.338 e. The maximum atomic E-state index is 15.7. The normalized spacial score (nSPS) is 20.6. The molecule has 2 aromatic rings. The molecule has 1 atom stereocenters. The van der Waals surface area contributed by atoms with Gasteiger partial charge in [0.2, 0.25) is 0 Å². The Hall–Kier alpha value is -2.84. The number of aliphatic hydroxyl groups excluding tert-OH is 1. The van der Waals surface area contributed by atoms with Crippen LogP contribution in [0.3, 0.4) is 0 Å². The fraction of sp³-hybridized carbons (Fsp3) is 0.458. The molecule has 168 valence electrons. The number of carbonyl (C=O) groups is 2. The van der Waals surface area contributed by atoms with Crippen LogP contribution in [0.25, 0.3) is 0 Å². The summed E-state index contributed by atoms with van der Waals surface area (Å²) in [4.78, 5) is 32.4. The molecular formula is C24H26FN3O4. The number of esters is 1. The van der Waals surface area contributed by atoms with Crippen LogP contribution in [0.4, 0.5) is 10.1 Å². The van der Waals surface area contributed by atoms with Gasteiger partial charge < -0.3 is 19.6 Å². The summed E-state index contributed by atoms with van der Waals surface area (Å²) in [5, 5.41) is 10.8. The summed E-state index contributed by atoms with van der Waals surface area (Å²) in [5.74, 6) is -0.803. The second kappa shape index (κ2) is 7.94. The number of aromatic nitrogens is 1. The molecule has 1 N–H and O–H groups in total. The number of β-amino-alcohol motifs (C(OH)–C–C–N with tert-alkyl or cyclic N) is 1. The fourth-order valence-electron chi connectivity index (χ4n) is 5.06. The summed E-state index contributed by atoms with van der Waals surface area (Å²) in [7, 11) is 0. The highest BCUT2D eigenvalue weighted by molar-refractivity contribution is 6.01. The molecule has 1 unspecified atom stereocenters. The third kappa shape index (κ3) is 3.47. The number of aliphatic hydroxyl groups is 1. The van der Waals surface area contributed by atoms with E-state index in [1.165, 1.54) is 0 Å². The minimum Gasteiger partial charge on any atom is -0.457 e. The van der Waals surface area contributed by atoms with E-state index in [-0.39, 0.29) is 25.4 Å². The van der Waals surface area contributed by atoms with E-state index in [0.29, 0.717) is 38.2 Å². The first-order valence-electron chi connectivity index (χ1n) is 11.0. The van der Waals surface area contributed by atoms with Crippen molar-refractivity contribution >= 4 is 17.6 Å². The van der Waals surface area contributed by atoms with Crippen LogP contribution in [0.15, 0.2) is 30.6 Å². The predicted molar refractivity (Wildman–Crippen MR) is 115 cm³/mol. The number of nitrogens with zero attached hydrogens (tertiary/aromatic N) is 3. The number of hydrogen-bond acceptors (Lipinski definition) is 6. The highest BCUT2D eigenvalue weighted by Gasteiger charge is 2.46. The number of piperidine rings is 1. The molecule has 3 aliphatic heterocycles. The van der Waals surface area contributed by atoms with Crippen LogP contribution in [0.5, 0.6) is 0 Å². The van der Waals surface area contributed by atoms with E-state index in [0.717, 1.165) is 27.9 Å². The van der Waals surface area contributed by atoms with Gasteiger partial charge in [-0.05, 0) is 42.2 Å². The topological polar surface area (TPSA) is 83.0 Å². The van der Waals surface area contributed by atoms with Crippen molar-refractivity contribution in [2.24, 2.45) is 0 Å². The molecule has 5 rings (SSSR count). The summed E-state index contributed by atoms with van der Waals surface area (Å²) in [6.45, 7) is 3.72. The van der Waals surface area contributed by atoms with Gasteiger partial charge in [0.1, 0.15) is 6.61 Å². The molecule has 1 aromatic heterocycles. The van der Waals surface area contributed by atoms with E-state index in [2.05, 4.69) is 4.98 Å². The monoisotopic (exact) mass is 439 g/mol. The number of anilines is 1. The number of pyridine rings is 1. The zero-order chi connectivity index (χ0) is 22.5. The maximum absolute atomic E-state index is 15.7. The molecule has 0 saturated carbocycles. The Morgan fingerprint density at radius 2 is 2.06 bits per heavy atom. The Balaban J connectivity index is 1.23. The molecule has 32 heavy (non-hydrogen) atoms. The summed E-state index contributed by atoms with van der Waals surface area (Å²) >= 11 is 0. The van der Waals surface area contributed by atoms with Gasteiger partial charge in [-0.15, -0.1) is 0 Å². The number of alkyl halides is 1. The number of carbonyl (C=O) groups excluding carboxylic acids is 2. The van der Waals surface area contributed by atoms with Crippen molar-refractivity contribution in [2.45, 2.75) is 44.6 Å². The number of halogens is 1. The van der Waals surface area contributed by atoms with Gasteiger partial charge in [0.15, 0.2) is 5.67 Å². The SMILES string of the molecule is Cc1c(C(O)CN2CCC(F)(C(=O)N3CCc4cnccc43)CC2)ccc2c1COC2=O. The number of cyclic esters (lactones) is 1. The first-order valence-corrected chi connectivity index (χ1v) is 11.0. The largest absolute Gasteiger partial charge is 0.457 e. The van der Waals surface area contributed by atoms with Gasteiger partial charge in [0.05, 0.1) is 17.4 Å². The Morgan fingerprint density at radius 1 is 1.28 bits per heavy atom. The first kappa shape index (κ1) is 21.0. The molecule has 1 amide bonds. The van der Waals surface area contributed by atoms with E-state index >= 15 is 4.39 Å². The zero-order valence-corrected chi connectivity index (χ0v) is 18.0. The van der Waals surface area contributed by atoms with Gasteiger partial charge in [0.25, 0.3) is 5.91 Å². The Morgan fingerprint density at radius 3 is 2.84 bits per heavy atom. The Bertz CT molecular complexity index is 1080. The number of rotatable bonds is 4. The highest BCUT2D eigenvalue weighted by Crippen LogP contribution is 2.35. The van der Waals surface area contributed by atoms with Crippen LogP contribution in [0.2, 0.25) is 0 Å². The third-order valence-corrected chi connectivity index (χ3v) is 7.05. The van der Waals surface area contributed by atoms with Gasteiger partial charge in [-0.1, -0.05) is 6.07 Å². The molecule has 0 radical (unpaired) electrons. The summed E-state index contributed by atoms with van der Waals surface area (Å²) in [6, 6.07) is 5.23. The lowest BCUT2D eigenvalue weighted by atomic mass is 9.90. The number of hydrogen-bond donors (Lipinski definition) is 1. The molecule has 3 aliphatic rings. The molecule has 4 heterocycles. The Kier molecular flexibility index (Phi) is 5.22. The number of fused-ring (bicyclic) bond motifs is 2. The van der Waals surface area contributed by atoms with E-state index in [9.17, 15) is 14.7 Å². The lowest BCUT2D eigenvalue weighted by Gasteiger charge is -2.38. The molecule has 0 bridgehead atoms. The zero-order valence-electron chi connectivity index (χ0n) is 18.0. The van der Waals surface area contributed by atoms with Gasteiger partial charge in [0, 0.05) is 57.0 Å². The first-order chi connectivity index (χ1) is 15.4. The maximum Gasteiger partial charge on any atom is 0.338 e. The Labute approximate surface area is 185 Å². The van der Waals surface area contributed by atoms with Crippen molar-refractivity contribution in [1.82, 2.24) is 9.88 Å². The number of amides is 1. The van der Waals surface area contributed by atoms with Crippen molar-refractivity contribution in [3.63, 3.8) is 0 Å². The minimum absolute atomic E-state index is 0.0982. The van der Waals surface area contributed by atoms with Crippen molar-refractivity contribution in [2.75, 3.05) is 31.1 Å². The molecule has 0 aliphatic carbocycles. The van der Waals surface area contributed by atoms with Crippen molar-refractivity contribution in [3.05, 3.63) is 58.4 Å². The summed E-state index contributed by atoms with van der Waals surface area (Å²) in [6.07, 6.45) is 3.49. The minimum atomic E-state index is -1.90. The predicted octanol–water partition coefficient (Wildman–Crippen LogP) is 2.49. The fourth-order valence-corrected chi connectivity index (χ4v) is 5.06. The van der Waals surface area contributed by atoms with Crippen LogP contribution >= 0.6 is 0 Å². The molecule has 7 nitrogen and oxygen atoms in total. The van der Waals surface area contributed by atoms with E-state index in [1.807, 2.05) is 11.8 Å². The van der Waals surface area contributed by atoms with E-state index in [4.69, 9.17) is 4.74 Å².